The Balaban J connectivity index is 2.45. The van der Waals surface area contributed by atoms with Crippen molar-refractivity contribution in [2.75, 3.05) is 26.8 Å². The summed E-state index contributed by atoms with van der Waals surface area (Å²) in [5.41, 5.74) is 1.17. The van der Waals surface area contributed by atoms with Gasteiger partial charge in [-0.1, -0.05) is 20.8 Å². The van der Waals surface area contributed by atoms with E-state index in [-0.39, 0.29) is 0 Å². The zero-order valence-electron chi connectivity index (χ0n) is 13.5. The fourth-order valence-corrected chi connectivity index (χ4v) is 2.86. The molecule has 0 saturated heterocycles. The number of ether oxygens (including phenoxy) is 1. The quantitative estimate of drug-likeness (QED) is 0.721. The first-order valence-electron chi connectivity index (χ1n) is 7.43. The maximum Gasteiger partial charge on any atom is 0.107 e. The lowest BCUT2D eigenvalue weighted by Gasteiger charge is -2.26. The number of nitrogens with one attached hydrogen (secondary N) is 1. The second kappa shape index (κ2) is 9.45. The monoisotopic (exact) mass is 299 g/mol. The van der Waals surface area contributed by atoms with Crippen LogP contribution in [0.1, 0.15) is 38.4 Å². The molecule has 0 radical (unpaired) electrons. The fourth-order valence-electron chi connectivity index (χ4n) is 2.10. The molecule has 116 valence electrons. The Morgan fingerprint density at radius 2 is 2.15 bits per heavy atom. The molecular formula is C15H29N3OS. The van der Waals surface area contributed by atoms with Gasteiger partial charge in [-0.3, -0.25) is 4.90 Å². The van der Waals surface area contributed by atoms with Gasteiger partial charge in [0.05, 0.1) is 12.3 Å². The van der Waals surface area contributed by atoms with Crippen molar-refractivity contribution in [1.29, 1.82) is 0 Å². The second-order valence-electron chi connectivity index (χ2n) is 5.62. The molecular weight excluding hydrogens is 270 g/mol. The van der Waals surface area contributed by atoms with Gasteiger partial charge < -0.3 is 10.1 Å². The summed E-state index contributed by atoms with van der Waals surface area (Å²) in [6.07, 6.45) is 0. The first kappa shape index (κ1) is 17.6. The van der Waals surface area contributed by atoms with E-state index in [1.54, 1.807) is 18.4 Å². The van der Waals surface area contributed by atoms with Crippen molar-refractivity contribution in [2.24, 2.45) is 5.92 Å². The Morgan fingerprint density at radius 1 is 1.40 bits per heavy atom. The normalized spacial score (nSPS) is 13.3. The molecule has 5 heteroatoms. The third-order valence-electron chi connectivity index (χ3n) is 3.23. The van der Waals surface area contributed by atoms with Crippen LogP contribution in [0.3, 0.4) is 0 Å². The molecule has 1 unspecified atom stereocenters. The molecule has 0 amide bonds. The van der Waals surface area contributed by atoms with Gasteiger partial charge in [-0.25, -0.2) is 4.98 Å². The van der Waals surface area contributed by atoms with Crippen LogP contribution >= 0.6 is 11.3 Å². The summed E-state index contributed by atoms with van der Waals surface area (Å²) in [4.78, 5) is 7.10. The van der Waals surface area contributed by atoms with Gasteiger partial charge in [-0.2, -0.15) is 0 Å². The summed E-state index contributed by atoms with van der Waals surface area (Å²) in [5, 5.41) is 6.79. The van der Waals surface area contributed by atoms with Gasteiger partial charge in [-0.15, -0.1) is 11.3 Å². The van der Waals surface area contributed by atoms with Crippen molar-refractivity contribution in [3.8, 4) is 0 Å². The summed E-state index contributed by atoms with van der Waals surface area (Å²) >= 11 is 1.75. The number of hydrogen-bond donors (Lipinski definition) is 1. The highest BCUT2D eigenvalue weighted by atomic mass is 32.1. The van der Waals surface area contributed by atoms with Crippen LogP contribution in [0.4, 0.5) is 0 Å². The number of rotatable bonds is 10. The standard InChI is InChI=1S/C15H29N3OS/c1-6-18(13(4)10-19-5)9-14-11-20-15(17-14)8-16-7-12(2)3/h11-13,16H,6-10H2,1-5H3. The first-order chi connectivity index (χ1) is 9.56. The predicted molar refractivity (Wildman–Crippen MR) is 86.1 cm³/mol. The van der Waals surface area contributed by atoms with Crippen LogP contribution in [0, 0.1) is 5.92 Å². The van der Waals surface area contributed by atoms with E-state index in [0.29, 0.717) is 12.0 Å². The number of nitrogens with zero attached hydrogens (tertiary/aromatic N) is 2. The molecule has 0 bridgehead atoms. The maximum atomic E-state index is 5.24. The summed E-state index contributed by atoms with van der Waals surface area (Å²) in [7, 11) is 1.76. The Labute approximate surface area is 127 Å². The SMILES string of the molecule is CCN(Cc1csc(CNCC(C)C)n1)C(C)COC. The van der Waals surface area contributed by atoms with E-state index in [1.165, 1.54) is 10.7 Å². The van der Waals surface area contributed by atoms with Crippen molar-refractivity contribution in [3.63, 3.8) is 0 Å². The minimum Gasteiger partial charge on any atom is -0.383 e. The van der Waals surface area contributed by atoms with E-state index < -0.39 is 0 Å². The molecule has 1 N–H and O–H groups in total. The van der Waals surface area contributed by atoms with Crippen LogP contribution in [-0.2, 0) is 17.8 Å². The van der Waals surface area contributed by atoms with Crippen LogP contribution in [0.2, 0.25) is 0 Å². The van der Waals surface area contributed by atoms with Crippen LogP contribution in [-0.4, -0.2) is 42.7 Å². The molecule has 4 nitrogen and oxygen atoms in total. The van der Waals surface area contributed by atoms with E-state index in [2.05, 4.69) is 43.3 Å². The molecule has 1 aromatic heterocycles. The lowest BCUT2D eigenvalue weighted by Crippen LogP contribution is -2.35. The lowest BCUT2D eigenvalue weighted by atomic mass is 10.2. The molecule has 0 aliphatic carbocycles. The molecule has 0 spiro atoms. The Morgan fingerprint density at radius 3 is 2.75 bits per heavy atom. The van der Waals surface area contributed by atoms with Crippen LogP contribution in [0.15, 0.2) is 5.38 Å². The van der Waals surface area contributed by atoms with Gasteiger partial charge in [0.1, 0.15) is 5.01 Å². The number of likely N-dealkylation sites (N-methyl/N-ethyl adjacent to an activating group) is 1. The van der Waals surface area contributed by atoms with E-state index in [9.17, 15) is 0 Å². The number of hydrogen-bond acceptors (Lipinski definition) is 5. The summed E-state index contributed by atoms with van der Waals surface area (Å²) in [6, 6.07) is 0.425. The molecule has 1 heterocycles. The van der Waals surface area contributed by atoms with Crippen molar-refractivity contribution in [3.05, 3.63) is 16.1 Å². The topological polar surface area (TPSA) is 37.4 Å². The van der Waals surface area contributed by atoms with Gasteiger partial charge >= 0.3 is 0 Å². The minimum absolute atomic E-state index is 0.425. The molecule has 20 heavy (non-hydrogen) atoms. The summed E-state index contributed by atoms with van der Waals surface area (Å²) < 4.78 is 5.24. The third-order valence-corrected chi connectivity index (χ3v) is 4.13. The summed E-state index contributed by atoms with van der Waals surface area (Å²) in [6.45, 7) is 13.4. The van der Waals surface area contributed by atoms with E-state index in [0.717, 1.165) is 32.8 Å². The van der Waals surface area contributed by atoms with Gasteiger partial charge in [0.15, 0.2) is 0 Å². The highest BCUT2D eigenvalue weighted by molar-refractivity contribution is 7.09. The zero-order valence-corrected chi connectivity index (χ0v) is 14.3. The largest absolute Gasteiger partial charge is 0.383 e. The maximum absolute atomic E-state index is 5.24. The highest BCUT2D eigenvalue weighted by Crippen LogP contribution is 2.13. The second-order valence-corrected chi connectivity index (χ2v) is 6.57. The van der Waals surface area contributed by atoms with Crippen molar-refractivity contribution in [2.45, 2.75) is 46.8 Å². The van der Waals surface area contributed by atoms with Crippen molar-refractivity contribution in [1.82, 2.24) is 15.2 Å². The highest BCUT2D eigenvalue weighted by Gasteiger charge is 2.13. The number of aromatic nitrogens is 1. The molecule has 0 aliphatic rings. The Bertz CT molecular complexity index is 368. The number of thiazole rings is 1. The molecule has 0 aliphatic heterocycles. The Hall–Kier alpha value is -0.490. The van der Waals surface area contributed by atoms with Crippen molar-refractivity contribution < 1.29 is 4.74 Å². The zero-order chi connectivity index (χ0) is 15.0. The van der Waals surface area contributed by atoms with Crippen LogP contribution in [0.5, 0.6) is 0 Å². The average molecular weight is 299 g/mol. The van der Waals surface area contributed by atoms with E-state index in [1.807, 2.05) is 0 Å². The summed E-state index contributed by atoms with van der Waals surface area (Å²) in [5.74, 6) is 0.680. The molecule has 0 fully saturated rings. The van der Waals surface area contributed by atoms with Crippen molar-refractivity contribution >= 4 is 11.3 Å². The first-order valence-corrected chi connectivity index (χ1v) is 8.31. The molecule has 1 atom stereocenters. The van der Waals surface area contributed by atoms with Crippen LogP contribution < -0.4 is 5.32 Å². The van der Waals surface area contributed by atoms with Gasteiger partial charge in [0.2, 0.25) is 0 Å². The fraction of sp³-hybridized carbons (Fsp3) is 0.800. The smallest absolute Gasteiger partial charge is 0.107 e. The van der Waals surface area contributed by atoms with E-state index >= 15 is 0 Å². The van der Waals surface area contributed by atoms with Crippen LogP contribution in [0.25, 0.3) is 0 Å². The van der Waals surface area contributed by atoms with Gasteiger partial charge in [0, 0.05) is 31.6 Å². The Kier molecular flexibility index (Phi) is 8.30. The van der Waals surface area contributed by atoms with E-state index in [4.69, 9.17) is 9.72 Å². The molecule has 1 rings (SSSR count). The van der Waals surface area contributed by atoms with Gasteiger partial charge in [-0.05, 0) is 25.9 Å². The third kappa shape index (κ3) is 6.31. The lowest BCUT2D eigenvalue weighted by molar-refractivity contribution is 0.0975. The average Bonchev–Trinajstić information content (AvgIpc) is 2.83. The molecule has 1 aromatic rings. The predicted octanol–water partition coefficient (Wildman–Crippen LogP) is 2.75. The molecule has 0 aromatic carbocycles. The number of methoxy groups -OCH3 is 1. The minimum atomic E-state index is 0.425. The van der Waals surface area contributed by atoms with Gasteiger partial charge in [0.25, 0.3) is 0 Å². The molecule has 0 saturated carbocycles.